The molecule has 5 N–H and O–H groups in total. The first-order valence-electron chi connectivity index (χ1n) is 8.40. The van der Waals surface area contributed by atoms with E-state index in [4.69, 9.17) is 10.2 Å². The number of furan rings is 1. The average molecular weight is 378 g/mol. The molecule has 8 heteroatoms. The largest absolute Gasteiger partial charge is 0.459 e. The maximum atomic E-state index is 12.2. The molecule has 0 unspecified atom stereocenters. The van der Waals surface area contributed by atoms with Gasteiger partial charge in [-0.25, -0.2) is 0 Å². The van der Waals surface area contributed by atoms with Crippen LogP contribution in [0.25, 0.3) is 0 Å². The van der Waals surface area contributed by atoms with Crippen molar-refractivity contribution in [1.82, 2.24) is 0 Å². The van der Waals surface area contributed by atoms with Gasteiger partial charge in [0, 0.05) is 17.1 Å². The number of carbonyl (C=O) groups is 3. The van der Waals surface area contributed by atoms with Gasteiger partial charge in [0.1, 0.15) is 0 Å². The molecule has 0 fully saturated rings. The number of carbonyl (C=O) groups excluding carboxylic acids is 3. The Morgan fingerprint density at radius 3 is 2.36 bits per heavy atom. The fraction of sp³-hybridized carbons (Fsp3) is 0.0500. The highest BCUT2D eigenvalue weighted by Gasteiger charge is 2.11. The second-order valence-corrected chi connectivity index (χ2v) is 5.82. The molecule has 0 saturated carbocycles. The van der Waals surface area contributed by atoms with Gasteiger partial charge in [-0.2, -0.15) is 0 Å². The number of hydrogen-bond donors (Lipinski definition) is 4. The van der Waals surface area contributed by atoms with E-state index in [1.807, 2.05) is 0 Å². The van der Waals surface area contributed by atoms with Gasteiger partial charge >= 0.3 is 0 Å². The zero-order valence-electron chi connectivity index (χ0n) is 14.8. The van der Waals surface area contributed by atoms with Gasteiger partial charge in [-0.05, 0) is 42.5 Å². The molecule has 3 amide bonds. The number of primary amides is 1. The predicted molar refractivity (Wildman–Crippen MR) is 105 cm³/mol. The van der Waals surface area contributed by atoms with E-state index in [9.17, 15) is 14.4 Å². The molecule has 0 aliphatic rings. The van der Waals surface area contributed by atoms with Crippen LogP contribution in [-0.2, 0) is 4.79 Å². The van der Waals surface area contributed by atoms with Gasteiger partial charge in [0.05, 0.1) is 18.4 Å². The Morgan fingerprint density at radius 2 is 1.64 bits per heavy atom. The minimum absolute atomic E-state index is 0.0622. The Labute approximate surface area is 160 Å². The lowest BCUT2D eigenvalue weighted by molar-refractivity contribution is -0.114. The second-order valence-electron chi connectivity index (χ2n) is 5.82. The van der Waals surface area contributed by atoms with Gasteiger partial charge in [-0.15, -0.1) is 0 Å². The van der Waals surface area contributed by atoms with Crippen LogP contribution in [0.5, 0.6) is 0 Å². The third-order valence-electron chi connectivity index (χ3n) is 3.78. The van der Waals surface area contributed by atoms with Crippen LogP contribution in [0.1, 0.15) is 20.9 Å². The summed E-state index contributed by atoms with van der Waals surface area (Å²) in [6, 6.07) is 16.5. The highest BCUT2D eigenvalue weighted by molar-refractivity contribution is 6.03. The first-order valence-corrected chi connectivity index (χ1v) is 8.40. The third kappa shape index (κ3) is 4.76. The summed E-state index contributed by atoms with van der Waals surface area (Å²) >= 11 is 0. The van der Waals surface area contributed by atoms with Gasteiger partial charge in [0.15, 0.2) is 5.76 Å². The van der Waals surface area contributed by atoms with Crippen molar-refractivity contribution < 1.29 is 18.8 Å². The van der Waals surface area contributed by atoms with Crippen molar-refractivity contribution in [3.05, 3.63) is 78.3 Å². The molecule has 142 valence electrons. The Bertz CT molecular complexity index is 999. The minimum Gasteiger partial charge on any atom is -0.459 e. The maximum absolute atomic E-state index is 12.2. The molecule has 1 heterocycles. The fourth-order valence-corrected chi connectivity index (χ4v) is 2.51. The molecule has 0 spiro atoms. The molecule has 0 atom stereocenters. The Morgan fingerprint density at radius 1 is 0.893 bits per heavy atom. The van der Waals surface area contributed by atoms with Crippen LogP contribution in [-0.4, -0.2) is 24.3 Å². The van der Waals surface area contributed by atoms with Crippen molar-refractivity contribution in [3.8, 4) is 0 Å². The lowest BCUT2D eigenvalue weighted by atomic mass is 10.1. The number of anilines is 3. The number of amides is 3. The van der Waals surface area contributed by atoms with Gasteiger partial charge in [-0.1, -0.05) is 18.2 Å². The standard InChI is InChI=1S/C20H18N4O4/c21-19(26)15-7-1-2-8-16(15)22-12-18(25)23-13-5-3-6-14(11-13)24-20(27)17-9-4-10-28-17/h1-11,22H,12H2,(H2,21,26)(H,23,25)(H,24,27). The highest BCUT2D eigenvalue weighted by Crippen LogP contribution is 2.17. The van der Waals surface area contributed by atoms with Crippen LogP contribution in [0.4, 0.5) is 17.1 Å². The molecule has 3 aromatic rings. The van der Waals surface area contributed by atoms with E-state index in [0.717, 1.165) is 0 Å². The van der Waals surface area contributed by atoms with E-state index in [-0.39, 0.29) is 18.2 Å². The zero-order valence-corrected chi connectivity index (χ0v) is 14.8. The SMILES string of the molecule is NC(=O)c1ccccc1NCC(=O)Nc1cccc(NC(=O)c2ccco2)c1. The minimum atomic E-state index is -0.580. The van der Waals surface area contributed by atoms with Gasteiger partial charge < -0.3 is 26.1 Å². The van der Waals surface area contributed by atoms with Crippen LogP contribution in [0.2, 0.25) is 0 Å². The van der Waals surface area contributed by atoms with Crippen molar-refractivity contribution in [2.45, 2.75) is 0 Å². The normalized spacial score (nSPS) is 10.1. The molecule has 0 saturated heterocycles. The summed E-state index contributed by atoms with van der Waals surface area (Å²) in [5.74, 6) is -1.11. The quantitative estimate of drug-likeness (QED) is 0.503. The molecule has 0 aliphatic heterocycles. The van der Waals surface area contributed by atoms with Crippen molar-refractivity contribution in [2.75, 3.05) is 22.5 Å². The van der Waals surface area contributed by atoms with Crippen LogP contribution >= 0.6 is 0 Å². The second kappa shape index (κ2) is 8.54. The van der Waals surface area contributed by atoms with E-state index >= 15 is 0 Å². The Kier molecular flexibility index (Phi) is 5.71. The number of nitrogens with one attached hydrogen (secondary N) is 3. The van der Waals surface area contributed by atoms with Crippen molar-refractivity contribution in [1.29, 1.82) is 0 Å². The monoisotopic (exact) mass is 378 g/mol. The number of nitrogens with two attached hydrogens (primary N) is 1. The van der Waals surface area contributed by atoms with Crippen LogP contribution in [0.15, 0.2) is 71.3 Å². The first-order chi connectivity index (χ1) is 13.5. The summed E-state index contributed by atoms with van der Waals surface area (Å²) in [4.78, 5) is 35.6. The lowest BCUT2D eigenvalue weighted by Crippen LogP contribution is -2.23. The van der Waals surface area contributed by atoms with Gasteiger partial charge in [0.25, 0.3) is 11.8 Å². The molecular formula is C20H18N4O4. The summed E-state index contributed by atoms with van der Waals surface area (Å²) in [5, 5.41) is 8.29. The summed E-state index contributed by atoms with van der Waals surface area (Å²) in [6.07, 6.45) is 1.41. The molecule has 0 bridgehead atoms. The van der Waals surface area contributed by atoms with Gasteiger partial charge in [0.2, 0.25) is 5.91 Å². The van der Waals surface area contributed by atoms with Gasteiger partial charge in [-0.3, -0.25) is 14.4 Å². The van der Waals surface area contributed by atoms with E-state index in [1.54, 1.807) is 60.7 Å². The molecule has 3 rings (SSSR count). The summed E-state index contributed by atoms with van der Waals surface area (Å²) in [6.45, 7) is -0.0622. The Balaban J connectivity index is 1.59. The summed E-state index contributed by atoms with van der Waals surface area (Å²) in [7, 11) is 0. The van der Waals surface area contributed by atoms with Crippen LogP contribution < -0.4 is 21.7 Å². The van der Waals surface area contributed by atoms with Crippen molar-refractivity contribution in [3.63, 3.8) is 0 Å². The summed E-state index contributed by atoms with van der Waals surface area (Å²) < 4.78 is 5.04. The van der Waals surface area contributed by atoms with Crippen molar-refractivity contribution >= 4 is 34.8 Å². The molecule has 2 aromatic carbocycles. The summed E-state index contributed by atoms with van der Waals surface area (Å²) in [5.41, 5.74) is 7.11. The topological polar surface area (TPSA) is 126 Å². The molecule has 0 aliphatic carbocycles. The zero-order chi connectivity index (χ0) is 19.9. The average Bonchev–Trinajstić information content (AvgIpc) is 3.22. The molecule has 0 radical (unpaired) electrons. The third-order valence-corrected chi connectivity index (χ3v) is 3.78. The molecular weight excluding hydrogens is 360 g/mol. The molecule has 28 heavy (non-hydrogen) atoms. The van der Waals surface area contributed by atoms with E-state index in [2.05, 4.69) is 16.0 Å². The van der Waals surface area contributed by atoms with E-state index < -0.39 is 11.8 Å². The number of rotatable bonds is 7. The van der Waals surface area contributed by atoms with Crippen LogP contribution in [0.3, 0.4) is 0 Å². The number of hydrogen-bond acceptors (Lipinski definition) is 5. The number of benzene rings is 2. The smallest absolute Gasteiger partial charge is 0.291 e. The Hall–Kier alpha value is -4.07. The van der Waals surface area contributed by atoms with Crippen LogP contribution in [0, 0.1) is 0 Å². The lowest BCUT2D eigenvalue weighted by Gasteiger charge is -2.11. The van der Waals surface area contributed by atoms with E-state index in [0.29, 0.717) is 22.6 Å². The highest BCUT2D eigenvalue weighted by atomic mass is 16.3. The number of para-hydroxylation sites is 1. The van der Waals surface area contributed by atoms with E-state index in [1.165, 1.54) is 6.26 Å². The van der Waals surface area contributed by atoms with Crippen molar-refractivity contribution in [2.24, 2.45) is 5.73 Å². The predicted octanol–water partition coefficient (Wildman–Crippen LogP) is 2.68. The first kappa shape index (κ1) is 18.7. The molecule has 1 aromatic heterocycles. The fourth-order valence-electron chi connectivity index (χ4n) is 2.51. The maximum Gasteiger partial charge on any atom is 0.291 e. The molecule has 8 nitrogen and oxygen atoms in total.